The summed E-state index contributed by atoms with van der Waals surface area (Å²) in [5.41, 5.74) is 3.65. The van der Waals surface area contributed by atoms with Gasteiger partial charge in [0.05, 0.1) is 11.3 Å². The number of allylic oxidation sites excluding steroid dienone is 1. The maximum Gasteiger partial charge on any atom is 0.296 e. The molecule has 1 amide bonds. The Morgan fingerprint density at radius 2 is 2.05 bits per heavy atom. The Labute approximate surface area is 127 Å². The Morgan fingerprint density at radius 3 is 2.68 bits per heavy atom. The monoisotopic (exact) mass is 318 g/mol. The van der Waals surface area contributed by atoms with Gasteiger partial charge in [0.15, 0.2) is 0 Å². The van der Waals surface area contributed by atoms with Gasteiger partial charge in [0.2, 0.25) is 0 Å². The fourth-order valence-electron chi connectivity index (χ4n) is 2.47. The molecule has 0 saturated heterocycles. The normalized spacial score (nSPS) is 16.2. The number of aromatic nitrogens is 1. The zero-order valence-electron chi connectivity index (χ0n) is 11.7. The number of fused-ring (bicyclic) bond motifs is 1. The van der Waals surface area contributed by atoms with E-state index in [1.807, 2.05) is 19.1 Å². The van der Waals surface area contributed by atoms with E-state index in [1.54, 1.807) is 18.3 Å². The smallest absolute Gasteiger partial charge is 0.296 e. The van der Waals surface area contributed by atoms with Gasteiger partial charge < -0.3 is 10.3 Å². The summed E-state index contributed by atoms with van der Waals surface area (Å²) in [6.45, 7) is 1.83. The molecule has 0 radical (unpaired) electrons. The van der Waals surface area contributed by atoms with Gasteiger partial charge in [-0.3, -0.25) is 9.52 Å². The minimum Gasteiger partial charge on any atom is -0.361 e. The van der Waals surface area contributed by atoms with E-state index >= 15 is 0 Å². The summed E-state index contributed by atoms with van der Waals surface area (Å²) < 4.78 is 24.5. The molecular formula is C14H14N4O3S. The largest absolute Gasteiger partial charge is 0.361 e. The van der Waals surface area contributed by atoms with Crippen LogP contribution in [-0.2, 0) is 15.0 Å². The number of hydrogen-bond acceptors (Lipinski definition) is 3. The first-order chi connectivity index (χ1) is 10.3. The van der Waals surface area contributed by atoms with Crippen molar-refractivity contribution in [3.63, 3.8) is 0 Å². The molecule has 8 heteroatoms. The summed E-state index contributed by atoms with van der Waals surface area (Å²) in [7, 11) is -3.87. The van der Waals surface area contributed by atoms with E-state index in [1.165, 1.54) is 6.07 Å². The van der Waals surface area contributed by atoms with E-state index < -0.39 is 10.2 Å². The number of nitrogens with two attached hydrogens (primary N) is 1. The number of aromatic amines is 1. The molecular weight excluding hydrogens is 304 g/mol. The van der Waals surface area contributed by atoms with Gasteiger partial charge in [0.1, 0.15) is 0 Å². The van der Waals surface area contributed by atoms with Gasteiger partial charge in [-0.15, -0.1) is 0 Å². The van der Waals surface area contributed by atoms with E-state index in [2.05, 4.69) is 15.0 Å². The molecule has 7 nitrogen and oxygen atoms in total. The summed E-state index contributed by atoms with van der Waals surface area (Å²) in [6, 6.07) is 8.46. The Bertz CT molecular complexity index is 883. The van der Waals surface area contributed by atoms with Crippen LogP contribution in [0.15, 0.2) is 36.5 Å². The van der Waals surface area contributed by atoms with Crippen molar-refractivity contribution in [3.8, 4) is 0 Å². The molecule has 0 fully saturated rings. The van der Waals surface area contributed by atoms with E-state index in [0.717, 1.165) is 11.3 Å². The van der Waals surface area contributed by atoms with Gasteiger partial charge in [-0.2, -0.15) is 8.42 Å². The predicted molar refractivity (Wildman–Crippen MR) is 85.1 cm³/mol. The highest BCUT2D eigenvalue weighted by Crippen LogP contribution is 2.38. The summed E-state index contributed by atoms with van der Waals surface area (Å²) in [5, 5.41) is 7.73. The maximum atomic E-state index is 12.2. The van der Waals surface area contributed by atoms with Crippen molar-refractivity contribution >= 4 is 38.6 Å². The number of anilines is 2. The van der Waals surface area contributed by atoms with Gasteiger partial charge in [-0.05, 0) is 42.8 Å². The lowest BCUT2D eigenvalue weighted by Crippen LogP contribution is -2.21. The molecule has 0 saturated carbocycles. The number of hydrogen-bond donors (Lipinski definition) is 4. The molecule has 2 aromatic rings. The first kappa shape index (κ1) is 14.4. The van der Waals surface area contributed by atoms with Gasteiger partial charge in [-0.1, -0.05) is 0 Å². The Morgan fingerprint density at radius 1 is 1.27 bits per heavy atom. The second kappa shape index (κ2) is 5.00. The fraction of sp³-hybridized carbons (Fsp3) is 0.0714. The second-order valence-corrected chi connectivity index (χ2v) is 6.24. The lowest BCUT2D eigenvalue weighted by Gasteiger charge is -2.07. The number of H-pyrrole nitrogens is 1. The summed E-state index contributed by atoms with van der Waals surface area (Å²) in [5.74, 6) is -0.227. The lowest BCUT2D eigenvalue weighted by molar-refractivity contribution is -0.110. The number of nitrogens with one attached hydrogen (secondary N) is 3. The van der Waals surface area contributed by atoms with E-state index in [4.69, 9.17) is 5.14 Å². The Kier molecular flexibility index (Phi) is 3.27. The van der Waals surface area contributed by atoms with Crippen LogP contribution in [0.3, 0.4) is 0 Å². The molecule has 1 aliphatic rings. The van der Waals surface area contributed by atoms with Gasteiger partial charge in [0, 0.05) is 23.1 Å². The quantitative estimate of drug-likeness (QED) is 0.643. The number of rotatable bonds is 3. The van der Waals surface area contributed by atoms with Crippen molar-refractivity contribution in [2.45, 2.75) is 6.92 Å². The van der Waals surface area contributed by atoms with E-state index in [0.29, 0.717) is 22.5 Å². The predicted octanol–water partition coefficient (Wildman–Crippen LogP) is 1.51. The molecule has 5 N–H and O–H groups in total. The van der Waals surface area contributed by atoms with Crippen LogP contribution < -0.4 is 15.2 Å². The zero-order chi connectivity index (χ0) is 15.9. The van der Waals surface area contributed by atoms with Crippen LogP contribution in [0.5, 0.6) is 0 Å². The maximum absolute atomic E-state index is 12.2. The molecule has 0 aliphatic carbocycles. The first-order valence-corrected chi connectivity index (χ1v) is 8.01. The minimum absolute atomic E-state index is 0.227. The van der Waals surface area contributed by atoms with Crippen LogP contribution in [0.4, 0.5) is 11.4 Å². The van der Waals surface area contributed by atoms with Crippen LogP contribution >= 0.6 is 0 Å². The van der Waals surface area contributed by atoms with Crippen LogP contribution in [0.2, 0.25) is 0 Å². The van der Waals surface area contributed by atoms with Crippen molar-refractivity contribution in [1.82, 2.24) is 4.98 Å². The third-order valence-electron chi connectivity index (χ3n) is 3.40. The standard InChI is InChI=1S/C14H14N4O3S/c1-8(11-3-2-6-16-11)13-10-7-9(18-22(15,20)21)4-5-12(10)17-14(13)19/h2-7,16,18H,1H3,(H,17,19)(H2,15,20,21)/b13-8+. The van der Waals surface area contributed by atoms with Crippen LogP contribution in [0.1, 0.15) is 18.2 Å². The van der Waals surface area contributed by atoms with Gasteiger partial charge in [-0.25, -0.2) is 5.14 Å². The molecule has 0 atom stereocenters. The SMILES string of the molecule is C/C(=C1\C(=O)Nc2ccc(NS(N)(=O)=O)cc21)c1ccc[nH]1. The molecule has 0 bridgehead atoms. The number of carbonyl (C=O) groups excluding carboxylic acids is 1. The third-order valence-corrected chi connectivity index (χ3v) is 3.92. The molecule has 3 rings (SSSR count). The molecule has 1 aromatic carbocycles. The van der Waals surface area contributed by atoms with Crippen LogP contribution in [0, 0.1) is 0 Å². The fourth-order valence-corrected chi connectivity index (χ4v) is 2.92. The molecule has 0 unspecified atom stereocenters. The van der Waals surface area contributed by atoms with Crippen molar-refractivity contribution < 1.29 is 13.2 Å². The molecule has 1 aliphatic heterocycles. The molecule has 114 valence electrons. The van der Waals surface area contributed by atoms with Crippen molar-refractivity contribution in [2.24, 2.45) is 5.14 Å². The lowest BCUT2D eigenvalue weighted by atomic mass is 10.00. The number of carbonyl (C=O) groups is 1. The second-order valence-electron chi connectivity index (χ2n) is 4.95. The molecule has 22 heavy (non-hydrogen) atoms. The van der Waals surface area contributed by atoms with Crippen LogP contribution in [0.25, 0.3) is 11.1 Å². The zero-order valence-corrected chi connectivity index (χ0v) is 12.5. The van der Waals surface area contributed by atoms with E-state index in [9.17, 15) is 13.2 Å². The first-order valence-electron chi connectivity index (χ1n) is 6.46. The number of amides is 1. The van der Waals surface area contributed by atoms with Crippen LogP contribution in [-0.4, -0.2) is 19.3 Å². The average molecular weight is 318 g/mol. The highest BCUT2D eigenvalue weighted by molar-refractivity contribution is 7.90. The molecule has 2 heterocycles. The summed E-state index contributed by atoms with van der Waals surface area (Å²) >= 11 is 0. The highest BCUT2D eigenvalue weighted by atomic mass is 32.2. The Hall–Kier alpha value is -2.58. The van der Waals surface area contributed by atoms with Crippen molar-refractivity contribution in [1.29, 1.82) is 0 Å². The summed E-state index contributed by atoms with van der Waals surface area (Å²) in [6.07, 6.45) is 1.77. The van der Waals surface area contributed by atoms with Gasteiger partial charge >= 0.3 is 0 Å². The van der Waals surface area contributed by atoms with Crippen molar-refractivity contribution in [2.75, 3.05) is 10.0 Å². The highest BCUT2D eigenvalue weighted by Gasteiger charge is 2.27. The summed E-state index contributed by atoms with van der Waals surface area (Å²) in [4.78, 5) is 15.3. The van der Waals surface area contributed by atoms with E-state index in [-0.39, 0.29) is 5.91 Å². The van der Waals surface area contributed by atoms with Crippen molar-refractivity contribution in [3.05, 3.63) is 47.8 Å². The third kappa shape index (κ3) is 2.61. The van der Waals surface area contributed by atoms with Gasteiger partial charge in [0.25, 0.3) is 16.1 Å². The number of benzene rings is 1. The average Bonchev–Trinajstić information content (AvgIpc) is 3.02. The Balaban J connectivity index is 2.12. The molecule has 0 spiro atoms. The molecule has 1 aromatic heterocycles. The topological polar surface area (TPSA) is 117 Å². The minimum atomic E-state index is -3.87.